The summed E-state index contributed by atoms with van der Waals surface area (Å²) in [7, 11) is 0. The van der Waals surface area contributed by atoms with E-state index in [2.05, 4.69) is 5.32 Å². The van der Waals surface area contributed by atoms with Crippen molar-refractivity contribution in [3.63, 3.8) is 0 Å². The van der Waals surface area contributed by atoms with E-state index in [0.29, 0.717) is 24.2 Å². The highest BCUT2D eigenvalue weighted by Crippen LogP contribution is 2.41. The van der Waals surface area contributed by atoms with Gasteiger partial charge in [0.25, 0.3) is 0 Å². The van der Waals surface area contributed by atoms with Gasteiger partial charge in [0.1, 0.15) is 6.54 Å². The van der Waals surface area contributed by atoms with Gasteiger partial charge in [-0.2, -0.15) is 13.2 Å². The summed E-state index contributed by atoms with van der Waals surface area (Å²) >= 11 is 0. The zero-order valence-corrected chi connectivity index (χ0v) is 12.4. The summed E-state index contributed by atoms with van der Waals surface area (Å²) in [5.41, 5.74) is 1.06. The minimum absolute atomic E-state index is 0.0738. The van der Waals surface area contributed by atoms with Crippen molar-refractivity contribution in [2.75, 3.05) is 16.8 Å². The predicted molar refractivity (Wildman–Crippen MR) is 78.9 cm³/mol. The predicted octanol–water partition coefficient (Wildman–Crippen LogP) is 3.34. The zero-order valence-electron chi connectivity index (χ0n) is 12.4. The van der Waals surface area contributed by atoms with Crippen LogP contribution in [0.25, 0.3) is 0 Å². The zero-order chi connectivity index (χ0) is 16.6. The Morgan fingerprint density at radius 3 is 2.70 bits per heavy atom. The van der Waals surface area contributed by atoms with Gasteiger partial charge in [-0.15, -0.1) is 0 Å². The van der Waals surface area contributed by atoms with E-state index in [0.717, 1.165) is 0 Å². The van der Waals surface area contributed by atoms with E-state index in [1.54, 1.807) is 24.3 Å². The molecule has 0 saturated heterocycles. The van der Waals surface area contributed by atoms with Crippen molar-refractivity contribution in [1.82, 2.24) is 0 Å². The normalized spacial score (nSPS) is 24.8. The summed E-state index contributed by atoms with van der Waals surface area (Å²) in [5.74, 6) is -2.84. The maximum atomic E-state index is 12.9. The number of alkyl halides is 3. The molecule has 3 rings (SSSR count). The number of benzene rings is 1. The van der Waals surface area contributed by atoms with E-state index in [4.69, 9.17) is 0 Å². The molecular formula is C16H17F3N2O2. The summed E-state index contributed by atoms with van der Waals surface area (Å²) in [6, 6.07) is 6.83. The highest BCUT2D eigenvalue weighted by Gasteiger charge is 2.44. The van der Waals surface area contributed by atoms with E-state index in [1.165, 1.54) is 4.90 Å². The number of fused-ring (bicyclic) bond motifs is 1. The number of rotatable bonds is 1. The van der Waals surface area contributed by atoms with Crippen molar-refractivity contribution < 1.29 is 22.8 Å². The second-order valence-electron chi connectivity index (χ2n) is 6.09. The fourth-order valence-electron chi connectivity index (χ4n) is 3.36. The summed E-state index contributed by atoms with van der Waals surface area (Å²) in [5, 5.41) is 2.67. The van der Waals surface area contributed by atoms with Crippen LogP contribution in [0.15, 0.2) is 24.3 Å². The van der Waals surface area contributed by atoms with Crippen molar-refractivity contribution in [2.24, 2.45) is 11.8 Å². The molecule has 124 valence electrons. The number of hydrogen-bond acceptors (Lipinski definition) is 2. The van der Waals surface area contributed by atoms with Crippen LogP contribution in [0.5, 0.6) is 0 Å². The monoisotopic (exact) mass is 326 g/mol. The molecule has 0 spiro atoms. The van der Waals surface area contributed by atoms with Gasteiger partial charge >= 0.3 is 6.18 Å². The Hall–Kier alpha value is -2.05. The highest BCUT2D eigenvalue weighted by atomic mass is 19.4. The number of nitrogens with zero attached hydrogens (tertiary/aromatic N) is 1. The van der Waals surface area contributed by atoms with Crippen molar-refractivity contribution in [3.8, 4) is 0 Å². The first kappa shape index (κ1) is 15.8. The molecule has 1 saturated carbocycles. The van der Waals surface area contributed by atoms with Gasteiger partial charge in [0.2, 0.25) is 11.8 Å². The van der Waals surface area contributed by atoms with Crippen molar-refractivity contribution in [2.45, 2.75) is 31.9 Å². The summed E-state index contributed by atoms with van der Waals surface area (Å²) < 4.78 is 38.8. The summed E-state index contributed by atoms with van der Waals surface area (Å²) in [4.78, 5) is 25.8. The molecule has 23 heavy (non-hydrogen) atoms. The van der Waals surface area contributed by atoms with Gasteiger partial charge in [-0.3, -0.25) is 9.59 Å². The van der Waals surface area contributed by atoms with E-state index in [1.807, 2.05) is 0 Å². The number of nitrogens with one attached hydrogen (secondary N) is 1. The van der Waals surface area contributed by atoms with Crippen molar-refractivity contribution >= 4 is 23.2 Å². The van der Waals surface area contributed by atoms with E-state index < -0.39 is 18.0 Å². The first-order valence-electron chi connectivity index (χ1n) is 7.63. The number of amides is 2. The lowest BCUT2D eigenvalue weighted by Gasteiger charge is -2.35. The molecule has 0 aromatic heterocycles. The Bertz CT molecular complexity index is 630. The molecule has 4 nitrogen and oxygen atoms in total. The third kappa shape index (κ3) is 3.18. The Balaban J connectivity index is 1.82. The van der Waals surface area contributed by atoms with Crippen LogP contribution in [-0.2, 0) is 9.59 Å². The van der Waals surface area contributed by atoms with Gasteiger partial charge in [-0.05, 0) is 31.4 Å². The largest absolute Gasteiger partial charge is 0.391 e. The third-order valence-electron chi connectivity index (χ3n) is 4.52. The van der Waals surface area contributed by atoms with Crippen LogP contribution in [0.4, 0.5) is 24.5 Å². The molecule has 1 fully saturated rings. The molecule has 0 unspecified atom stereocenters. The van der Waals surface area contributed by atoms with Crippen LogP contribution in [0.2, 0.25) is 0 Å². The average Bonchev–Trinajstić information content (AvgIpc) is 2.52. The van der Waals surface area contributed by atoms with Crippen LogP contribution < -0.4 is 10.2 Å². The standard InChI is InChI=1S/C16H17F3N2O2/c17-16(18,19)11-5-3-4-10(8-11)15(23)21-9-14(22)20-12-6-1-2-7-13(12)21/h1-2,6-7,10-11H,3-5,8-9H2,(H,20,22)/t10-,11+/m1/s1. The lowest BCUT2D eigenvalue weighted by molar-refractivity contribution is -0.186. The molecule has 7 heteroatoms. The lowest BCUT2D eigenvalue weighted by atomic mass is 9.80. The molecule has 1 aromatic carbocycles. The molecule has 1 heterocycles. The van der Waals surface area contributed by atoms with E-state index in [-0.39, 0.29) is 31.2 Å². The Labute approximate surface area is 131 Å². The van der Waals surface area contributed by atoms with Gasteiger partial charge in [-0.25, -0.2) is 0 Å². The van der Waals surface area contributed by atoms with Gasteiger partial charge in [0, 0.05) is 5.92 Å². The number of anilines is 2. The Morgan fingerprint density at radius 2 is 1.96 bits per heavy atom. The van der Waals surface area contributed by atoms with Gasteiger partial charge in [0.05, 0.1) is 17.3 Å². The second-order valence-corrected chi connectivity index (χ2v) is 6.09. The van der Waals surface area contributed by atoms with Gasteiger partial charge in [0.15, 0.2) is 0 Å². The van der Waals surface area contributed by atoms with E-state index >= 15 is 0 Å². The molecule has 1 aromatic rings. The summed E-state index contributed by atoms with van der Waals surface area (Å²) in [6.07, 6.45) is -3.57. The van der Waals surface area contributed by atoms with Crippen LogP contribution in [-0.4, -0.2) is 24.5 Å². The molecule has 2 atom stereocenters. The highest BCUT2D eigenvalue weighted by molar-refractivity contribution is 6.10. The second kappa shape index (κ2) is 5.86. The lowest BCUT2D eigenvalue weighted by Crippen LogP contribution is -2.46. The molecular weight excluding hydrogens is 309 g/mol. The van der Waals surface area contributed by atoms with Crippen LogP contribution in [0, 0.1) is 11.8 Å². The quantitative estimate of drug-likeness (QED) is 0.860. The smallest absolute Gasteiger partial charge is 0.323 e. The minimum Gasteiger partial charge on any atom is -0.323 e. The Morgan fingerprint density at radius 1 is 1.22 bits per heavy atom. The molecule has 1 aliphatic carbocycles. The van der Waals surface area contributed by atoms with Gasteiger partial charge < -0.3 is 10.2 Å². The van der Waals surface area contributed by atoms with Crippen molar-refractivity contribution in [3.05, 3.63) is 24.3 Å². The van der Waals surface area contributed by atoms with E-state index in [9.17, 15) is 22.8 Å². The molecule has 2 amide bonds. The fourth-order valence-corrected chi connectivity index (χ4v) is 3.36. The Kier molecular flexibility index (Phi) is 4.04. The molecule has 1 aliphatic heterocycles. The first-order chi connectivity index (χ1) is 10.9. The van der Waals surface area contributed by atoms with Crippen LogP contribution >= 0.6 is 0 Å². The average molecular weight is 326 g/mol. The SMILES string of the molecule is O=C1CN(C(=O)[C@@H]2CCC[C@H](C(F)(F)F)C2)c2ccccc2N1. The molecule has 2 aliphatic rings. The van der Waals surface area contributed by atoms with Gasteiger partial charge in [-0.1, -0.05) is 18.6 Å². The topological polar surface area (TPSA) is 49.4 Å². The number of hydrogen-bond donors (Lipinski definition) is 1. The van der Waals surface area contributed by atoms with Crippen molar-refractivity contribution in [1.29, 1.82) is 0 Å². The number of carbonyl (C=O) groups excluding carboxylic acids is 2. The number of carbonyl (C=O) groups is 2. The maximum Gasteiger partial charge on any atom is 0.391 e. The molecule has 0 bridgehead atoms. The third-order valence-corrected chi connectivity index (χ3v) is 4.52. The molecule has 0 radical (unpaired) electrons. The number of para-hydroxylation sites is 2. The molecule has 1 N–H and O–H groups in total. The maximum absolute atomic E-state index is 12.9. The van der Waals surface area contributed by atoms with Crippen LogP contribution in [0.3, 0.4) is 0 Å². The minimum atomic E-state index is -4.27. The first-order valence-corrected chi connectivity index (χ1v) is 7.63. The number of halogens is 3. The van der Waals surface area contributed by atoms with Crippen LogP contribution in [0.1, 0.15) is 25.7 Å². The fraction of sp³-hybridized carbons (Fsp3) is 0.500. The summed E-state index contributed by atoms with van der Waals surface area (Å²) in [6.45, 7) is -0.150.